The highest BCUT2D eigenvalue weighted by molar-refractivity contribution is 9.09. The molecule has 0 N–H and O–H groups in total. The van der Waals surface area contributed by atoms with E-state index in [1.165, 1.54) is 18.2 Å². The minimum absolute atomic E-state index is 0.0940. The van der Waals surface area contributed by atoms with Crippen molar-refractivity contribution in [3.63, 3.8) is 0 Å². The molecule has 0 bridgehead atoms. The number of benzene rings is 1. The normalized spacial score (nSPS) is 10.1. The van der Waals surface area contributed by atoms with E-state index in [-0.39, 0.29) is 23.6 Å². The van der Waals surface area contributed by atoms with Crippen LogP contribution in [0.5, 0.6) is 5.75 Å². The van der Waals surface area contributed by atoms with Gasteiger partial charge in [-0.15, -0.1) is 0 Å². The highest BCUT2D eigenvalue weighted by atomic mass is 79.9. The quantitative estimate of drug-likeness (QED) is 0.362. The molecule has 17 heavy (non-hydrogen) atoms. The average Bonchev–Trinajstić information content (AvgIpc) is 2.34. The number of halogens is 1. The monoisotopic (exact) mass is 296 g/mol. The van der Waals surface area contributed by atoms with Crippen molar-refractivity contribution < 1.29 is 9.66 Å². The van der Waals surface area contributed by atoms with Crippen LogP contribution in [0.1, 0.15) is 5.56 Å². The zero-order valence-electron chi connectivity index (χ0n) is 8.80. The fourth-order valence-electron chi connectivity index (χ4n) is 1.11. The third-order valence-corrected chi connectivity index (χ3v) is 2.26. The Labute approximate surface area is 107 Å². The Morgan fingerprint density at radius 2 is 2.29 bits per heavy atom. The van der Waals surface area contributed by atoms with Crippen LogP contribution in [0.2, 0.25) is 0 Å². The molecule has 0 atom stereocenters. The third-order valence-electron chi connectivity index (χ3n) is 1.89. The summed E-state index contributed by atoms with van der Waals surface area (Å²) in [6.07, 6.45) is 3.60. The maximum absolute atomic E-state index is 10.6. The molecule has 6 heteroatoms. The molecule has 0 saturated heterocycles. The van der Waals surface area contributed by atoms with Crippen molar-refractivity contribution in [2.75, 3.05) is 11.9 Å². The van der Waals surface area contributed by atoms with Gasteiger partial charge in [-0.25, -0.2) is 0 Å². The lowest BCUT2D eigenvalue weighted by Crippen LogP contribution is -1.97. The van der Waals surface area contributed by atoms with Gasteiger partial charge < -0.3 is 4.74 Å². The molecular formula is C11H9BrN2O3. The number of ether oxygens (including phenoxy) is 1. The first-order valence-electron chi connectivity index (χ1n) is 4.71. The lowest BCUT2D eigenvalue weighted by atomic mass is 10.2. The number of rotatable bonds is 5. The smallest absolute Gasteiger partial charge is 0.273 e. The highest BCUT2D eigenvalue weighted by Crippen LogP contribution is 2.24. The second kappa shape index (κ2) is 6.66. The van der Waals surface area contributed by atoms with E-state index < -0.39 is 4.92 Å². The molecule has 0 heterocycles. The third kappa shape index (κ3) is 3.89. The zero-order chi connectivity index (χ0) is 12.7. The summed E-state index contributed by atoms with van der Waals surface area (Å²) in [6.45, 7) is 0.265. The van der Waals surface area contributed by atoms with Gasteiger partial charge in [0, 0.05) is 11.4 Å². The zero-order valence-corrected chi connectivity index (χ0v) is 10.4. The Morgan fingerprint density at radius 3 is 2.88 bits per heavy atom. The van der Waals surface area contributed by atoms with E-state index in [9.17, 15) is 10.1 Å². The number of nitriles is 1. The van der Waals surface area contributed by atoms with Crippen LogP contribution in [0.3, 0.4) is 0 Å². The summed E-state index contributed by atoms with van der Waals surface area (Å²) < 4.78 is 5.29. The summed E-state index contributed by atoms with van der Waals surface area (Å²) in [6, 6.07) is 5.83. The molecule has 0 aromatic heterocycles. The van der Waals surface area contributed by atoms with Crippen LogP contribution in [0, 0.1) is 21.4 Å². The molecule has 0 aliphatic carbocycles. The van der Waals surface area contributed by atoms with Crippen molar-refractivity contribution in [3.8, 4) is 11.8 Å². The van der Waals surface area contributed by atoms with Crippen molar-refractivity contribution >= 4 is 21.6 Å². The number of allylic oxidation sites excluding steroid dienone is 1. The molecule has 1 aromatic carbocycles. The second-order valence-electron chi connectivity index (χ2n) is 2.99. The summed E-state index contributed by atoms with van der Waals surface area (Å²) in [5, 5.41) is 20.1. The van der Waals surface area contributed by atoms with E-state index >= 15 is 0 Å². The predicted molar refractivity (Wildman–Crippen MR) is 66.2 cm³/mol. The van der Waals surface area contributed by atoms with E-state index in [2.05, 4.69) is 15.9 Å². The SMILES string of the molecule is N#Cc1ccc([N+](=O)[O-])cc1OCC=CCBr. The lowest BCUT2D eigenvalue weighted by molar-refractivity contribution is -0.384. The number of non-ortho nitro benzene ring substituents is 1. The van der Waals surface area contributed by atoms with Crippen molar-refractivity contribution in [1.82, 2.24) is 0 Å². The van der Waals surface area contributed by atoms with E-state index in [1.54, 1.807) is 6.08 Å². The van der Waals surface area contributed by atoms with E-state index in [0.29, 0.717) is 5.33 Å². The lowest BCUT2D eigenvalue weighted by Gasteiger charge is -2.04. The predicted octanol–water partition coefficient (Wildman–Crippen LogP) is 2.80. The maximum Gasteiger partial charge on any atom is 0.273 e. The van der Waals surface area contributed by atoms with Crippen LogP contribution in [0.15, 0.2) is 30.4 Å². The number of nitrogens with zero attached hydrogens (tertiary/aromatic N) is 2. The van der Waals surface area contributed by atoms with E-state index in [0.717, 1.165) is 0 Å². The summed E-state index contributed by atoms with van der Waals surface area (Å²) in [4.78, 5) is 10.1. The van der Waals surface area contributed by atoms with Gasteiger partial charge in [0.1, 0.15) is 18.4 Å². The molecule has 0 fully saturated rings. The Balaban J connectivity index is 2.87. The standard InChI is InChI=1S/C11H9BrN2O3/c12-5-1-2-6-17-11-7-10(14(15)16)4-3-9(11)8-13/h1-4,7H,5-6H2. The number of hydrogen-bond acceptors (Lipinski definition) is 4. The Morgan fingerprint density at radius 1 is 1.53 bits per heavy atom. The summed E-state index contributed by atoms with van der Waals surface area (Å²) in [7, 11) is 0. The number of nitro groups is 1. The average molecular weight is 297 g/mol. The van der Waals surface area contributed by atoms with Crippen LogP contribution in [0.25, 0.3) is 0 Å². The van der Waals surface area contributed by atoms with Crippen LogP contribution >= 0.6 is 15.9 Å². The van der Waals surface area contributed by atoms with Crippen LogP contribution < -0.4 is 4.74 Å². The van der Waals surface area contributed by atoms with Gasteiger partial charge in [-0.2, -0.15) is 5.26 Å². The van der Waals surface area contributed by atoms with Crippen molar-refractivity contribution in [3.05, 3.63) is 46.0 Å². The van der Waals surface area contributed by atoms with Gasteiger partial charge in [0.05, 0.1) is 16.6 Å². The molecule has 1 rings (SSSR count). The van der Waals surface area contributed by atoms with Crippen molar-refractivity contribution in [2.45, 2.75) is 0 Å². The Hall–Kier alpha value is -1.87. The minimum Gasteiger partial charge on any atom is -0.488 e. The number of hydrogen-bond donors (Lipinski definition) is 0. The van der Waals surface area contributed by atoms with Gasteiger partial charge in [-0.05, 0) is 6.07 Å². The first kappa shape index (κ1) is 13.2. The fourth-order valence-corrected chi connectivity index (χ4v) is 1.37. The summed E-state index contributed by atoms with van der Waals surface area (Å²) >= 11 is 3.21. The van der Waals surface area contributed by atoms with Crippen LogP contribution in [0.4, 0.5) is 5.69 Å². The number of alkyl halides is 1. The minimum atomic E-state index is -0.525. The molecular weight excluding hydrogens is 288 g/mol. The topological polar surface area (TPSA) is 76.2 Å². The molecule has 88 valence electrons. The van der Waals surface area contributed by atoms with E-state index in [4.69, 9.17) is 10.00 Å². The van der Waals surface area contributed by atoms with Gasteiger partial charge >= 0.3 is 0 Å². The number of nitro benzene ring substituents is 1. The molecule has 0 aliphatic rings. The van der Waals surface area contributed by atoms with Crippen LogP contribution in [-0.4, -0.2) is 16.9 Å². The van der Waals surface area contributed by atoms with Crippen molar-refractivity contribution in [2.24, 2.45) is 0 Å². The highest BCUT2D eigenvalue weighted by Gasteiger charge is 2.11. The molecule has 1 aromatic rings. The van der Waals surface area contributed by atoms with Gasteiger partial charge in [-0.1, -0.05) is 28.1 Å². The summed E-state index contributed by atoms with van der Waals surface area (Å²) in [5.74, 6) is 0.223. The largest absolute Gasteiger partial charge is 0.488 e. The fraction of sp³-hybridized carbons (Fsp3) is 0.182. The van der Waals surface area contributed by atoms with Crippen molar-refractivity contribution in [1.29, 1.82) is 5.26 Å². The molecule has 0 amide bonds. The van der Waals surface area contributed by atoms with Gasteiger partial charge in [-0.3, -0.25) is 10.1 Å². The van der Waals surface area contributed by atoms with Gasteiger partial charge in [0.25, 0.3) is 5.69 Å². The molecule has 0 radical (unpaired) electrons. The molecule has 0 aliphatic heterocycles. The molecule has 0 unspecified atom stereocenters. The Kier molecular flexibility index (Phi) is 5.17. The van der Waals surface area contributed by atoms with E-state index in [1.807, 2.05) is 12.1 Å². The molecule has 0 spiro atoms. The van der Waals surface area contributed by atoms with Gasteiger partial charge in [0.15, 0.2) is 0 Å². The van der Waals surface area contributed by atoms with Crippen LogP contribution in [-0.2, 0) is 0 Å². The van der Waals surface area contributed by atoms with Gasteiger partial charge in [0.2, 0.25) is 0 Å². The first-order chi connectivity index (χ1) is 8.19. The summed E-state index contributed by atoms with van der Waals surface area (Å²) in [5.41, 5.74) is 0.186. The Bertz CT molecular complexity index is 480. The maximum atomic E-state index is 10.6. The molecule has 0 saturated carbocycles. The second-order valence-corrected chi connectivity index (χ2v) is 3.63. The molecule has 5 nitrogen and oxygen atoms in total. The first-order valence-corrected chi connectivity index (χ1v) is 5.83.